The van der Waals surface area contributed by atoms with Crippen molar-refractivity contribution in [2.75, 3.05) is 0 Å². The van der Waals surface area contributed by atoms with Crippen LogP contribution in [0.5, 0.6) is 0 Å². The van der Waals surface area contributed by atoms with E-state index in [0.717, 1.165) is 0 Å². The van der Waals surface area contributed by atoms with Crippen LogP contribution in [0, 0.1) is 0 Å². The Balaban J connectivity index is 3.03. The van der Waals surface area contributed by atoms with E-state index in [4.69, 9.17) is 0 Å². The topological polar surface area (TPSA) is 15.8 Å². The molecule has 0 aliphatic heterocycles. The van der Waals surface area contributed by atoms with Crippen molar-refractivity contribution in [3.05, 3.63) is 41.2 Å². The maximum absolute atomic E-state index is 3.47. The van der Waals surface area contributed by atoms with Crippen molar-refractivity contribution >= 4 is 4.29 Å². The summed E-state index contributed by atoms with van der Waals surface area (Å²) < 4.78 is 4.06. The third-order valence-corrected chi connectivity index (χ3v) is 11.2. The molecule has 1 rings (SSSR count). The van der Waals surface area contributed by atoms with Crippen molar-refractivity contribution in [1.82, 2.24) is 4.98 Å². The van der Waals surface area contributed by atoms with Crippen molar-refractivity contribution in [3.8, 4) is 0 Å². The Morgan fingerprint density at radius 2 is 1.88 bits per heavy atom. The van der Waals surface area contributed by atoms with Gasteiger partial charge in [-0.05, 0) is 0 Å². The minimum atomic E-state index is -1.81. The monoisotopic (exact) mass is 321 g/mol. The third kappa shape index (κ3) is 3.96. The van der Waals surface area contributed by atoms with Gasteiger partial charge in [0.2, 0.25) is 0 Å². The van der Waals surface area contributed by atoms with Crippen LogP contribution in [0.25, 0.3) is 0 Å². The first-order valence-electron chi connectivity index (χ1n) is 6.37. The number of rotatable bonds is 7. The van der Waals surface area contributed by atoms with Gasteiger partial charge < -0.3 is 0 Å². The van der Waals surface area contributed by atoms with Gasteiger partial charge >= 0.3 is 109 Å². The predicted octanol–water partition coefficient (Wildman–Crippen LogP) is 4.54. The first-order valence-corrected chi connectivity index (χ1v) is 10.7. The second-order valence-electron chi connectivity index (χ2n) is 4.01. The van der Waals surface area contributed by atoms with E-state index in [1.165, 1.54) is 27.2 Å². The number of H-pyrrole nitrogens is 1. The molecule has 0 aromatic carbocycles. The van der Waals surface area contributed by atoms with E-state index >= 15 is 0 Å². The number of allylic oxidation sites excluding steroid dienone is 3. The van der Waals surface area contributed by atoms with E-state index in [0.29, 0.717) is 0 Å². The fourth-order valence-corrected chi connectivity index (χ4v) is 9.48. The summed E-state index contributed by atoms with van der Waals surface area (Å²) in [6, 6.07) is 4.43. The average molecular weight is 320 g/mol. The summed E-state index contributed by atoms with van der Waals surface area (Å²) >= 11 is -1.81. The Bertz CT molecular complexity index is 343. The molecular weight excluding hydrogens is 295 g/mol. The van der Waals surface area contributed by atoms with Crippen molar-refractivity contribution in [3.63, 3.8) is 0 Å². The minimum absolute atomic E-state index is 1.28. The summed E-state index contributed by atoms with van der Waals surface area (Å²) in [5.41, 5.74) is 0. The number of hydrogen-bond acceptors (Lipinski definition) is 0. The summed E-state index contributed by atoms with van der Waals surface area (Å²) in [4.78, 5) is 3.47. The van der Waals surface area contributed by atoms with Crippen molar-refractivity contribution in [1.29, 1.82) is 0 Å². The zero-order valence-corrected chi connectivity index (χ0v) is 13.0. The van der Waals surface area contributed by atoms with Gasteiger partial charge in [0.1, 0.15) is 0 Å². The van der Waals surface area contributed by atoms with Crippen molar-refractivity contribution in [2.24, 2.45) is 0 Å². The van der Waals surface area contributed by atoms with Gasteiger partial charge in [0.25, 0.3) is 0 Å². The molecule has 0 saturated heterocycles. The van der Waals surface area contributed by atoms with Gasteiger partial charge in [0, 0.05) is 0 Å². The molecule has 17 heavy (non-hydrogen) atoms. The van der Waals surface area contributed by atoms with E-state index in [1.807, 2.05) is 0 Å². The van der Waals surface area contributed by atoms with Gasteiger partial charge in [-0.15, -0.1) is 0 Å². The Morgan fingerprint density at radius 1 is 1.18 bits per heavy atom. The molecule has 0 spiro atoms. The molecule has 0 radical (unpaired) electrons. The SMILES string of the molecule is CC=CC=[CH][Ru]([CH2]CC)([CH2]CC)[c]1ccc[nH]1. The van der Waals surface area contributed by atoms with Gasteiger partial charge in [-0.2, -0.15) is 0 Å². The van der Waals surface area contributed by atoms with Crippen LogP contribution in [0.1, 0.15) is 33.6 Å². The molecule has 1 aromatic heterocycles. The van der Waals surface area contributed by atoms with Crippen LogP contribution in [-0.2, 0) is 14.8 Å². The Labute approximate surface area is 109 Å². The van der Waals surface area contributed by atoms with Crippen LogP contribution in [0.15, 0.2) is 41.2 Å². The molecule has 0 saturated carbocycles. The predicted molar refractivity (Wildman–Crippen MR) is 74.6 cm³/mol. The van der Waals surface area contributed by atoms with E-state index in [1.54, 1.807) is 0 Å². The molecule has 98 valence electrons. The fraction of sp³-hybridized carbons (Fsp3) is 0.467. The van der Waals surface area contributed by atoms with Crippen LogP contribution in [0.2, 0.25) is 10.0 Å². The standard InChI is InChI=1S/C5H7.C4H4N.2C3H7.Ru/c1-3-5-4-2;1-2-4-5-3-1;2*1-3-2;/h1,3-5H,2H3;1-3,5H;2*1,3H2,2H3;. The normalized spacial score (nSPS) is 13.8. The molecule has 0 unspecified atom stereocenters. The van der Waals surface area contributed by atoms with Crippen LogP contribution in [0.4, 0.5) is 0 Å². The molecule has 1 heterocycles. The summed E-state index contributed by atoms with van der Waals surface area (Å²) in [6.07, 6.45) is 11.2. The first-order chi connectivity index (χ1) is 8.29. The Morgan fingerprint density at radius 3 is 2.35 bits per heavy atom. The molecule has 2 heteroatoms. The summed E-state index contributed by atoms with van der Waals surface area (Å²) in [5, 5.41) is 2.75. The van der Waals surface area contributed by atoms with Crippen LogP contribution in [0.3, 0.4) is 0 Å². The first kappa shape index (κ1) is 14.4. The van der Waals surface area contributed by atoms with E-state index in [2.05, 4.69) is 67.0 Å². The van der Waals surface area contributed by atoms with Gasteiger partial charge in [-0.3, -0.25) is 0 Å². The van der Waals surface area contributed by atoms with Crippen molar-refractivity contribution < 1.29 is 14.8 Å². The van der Waals surface area contributed by atoms with Gasteiger partial charge in [-0.25, -0.2) is 0 Å². The van der Waals surface area contributed by atoms with Crippen LogP contribution >= 0.6 is 0 Å². The number of nitrogens with one attached hydrogen (secondary N) is 1. The summed E-state index contributed by atoms with van der Waals surface area (Å²) in [7, 11) is 0. The molecular formula is C15H25NRu. The molecule has 0 atom stereocenters. The number of aromatic amines is 1. The van der Waals surface area contributed by atoms with Crippen LogP contribution < -0.4 is 4.29 Å². The summed E-state index contributed by atoms with van der Waals surface area (Å²) in [6.45, 7) is 6.68. The van der Waals surface area contributed by atoms with E-state index in [-0.39, 0.29) is 0 Å². The molecule has 0 aliphatic rings. The van der Waals surface area contributed by atoms with E-state index < -0.39 is 14.8 Å². The molecule has 1 N–H and O–H groups in total. The number of aromatic nitrogens is 1. The molecule has 0 aliphatic carbocycles. The quantitative estimate of drug-likeness (QED) is 0.561. The molecule has 0 fully saturated rings. The fourth-order valence-electron chi connectivity index (χ4n) is 1.89. The van der Waals surface area contributed by atoms with Gasteiger partial charge in [-0.1, -0.05) is 0 Å². The maximum atomic E-state index is 3.47. The molecule has 0 amide bonds. The molecule has 1 aromatic rings. The van der Waals surface area contributed by atoms with Crippen LogP contribution in [-0.4, -0.2) is 4.98 Å². The molecule has 1 nitrogen and oxygen atoms in total. The molecule has 0 bridgehead atoms. The zero-order chi connectivity index (χ0) is 12.6. The Hall–Kier alpha value is -0.617. The van der Waals surface area contributed by atoms with Gasteiger partial charge in [0.15, 0.2) is 0 Å². The second kappa shape index (κ2) is 7.66. The van der Waals surface area contributed by atoms with Gasteiger partial charge in [0.05, 0.1) is 0 Å². The second-order valence-corrected chi connectivity index (χ2v) is 11.3. The third-order valence-electron chi connectivity index (χ3n) is 2.51. The average Bonchev–Trinajstić information content (AvgIpc) is 2.83. The Kier molecular flexibility index (Phi) is 6.51. The summed E-state index contributed by atoms with van der Waals surface area (Å²) in [5.74, 6) is 0. The van der Waals surface area contributed by atoms with E-state index in [9.17, 15) is 0 Å². The van der Waals surface area contributed by atoms with Crippen molar-refractivity contribution in [2.45, 2.75) is 43.6 Å². The number of hydrogen-bond donors (Lipinski definition) is 1. The zero-order valence-electron chi connectivity index (χ0n) is 11.2.